The molecule has 23 heavy (non-hydrogen) atoms. The average molecular weight is 436 g/mol. The molecule has 1 N–H and O–H groups in total. The second-order valence-electron chi connectivity index (χ2n) is 4.52. The number of rotatable bonds is 4. The fraction of sp³-hybridized carbons (Fsp3) is 0.0588. The summed E-state index contributed by atoms with van der Waals surface area (Å²) >= 11 is 6.70. The Labute approximate surface area is 151 Å². The summed E-state index contributed by atoms with van der Waals surface area (Å²) in [5.41, 5.74) is 1.36. The summed E-state index contributed by atoms with van der Waals surface area (Å²) in [4.78, 5) is 12.2. The minimum atomic E-state index is -0.457. The Bertz CT molecular complexity index is 793. The Morgan fingerprint density at radius 2 is 1.91 bits per heavy atom. The van der Waals surface area contributed by atoms with Gasteiger partial charge in [-0.05, 0) is 64.0 Å². The van der Waals surface area contributed by atoms with Crippen LogP contribution in [-0.4, -0.2) is 13.0 Å². The number of nitriles is 1. The van der Waals surface area contributed by atoms with Gasteiger partial charge in [-0.2, -0.15) is 5.26 Å². The lowest BCUT2D eigenvalue weighted by molar-refractivity contribution is -0.112. The normalized spacial score (nSPS) is 10.8. The molecule has 0 saturated carbocycles. The fourth-order valence-electron chi connectivity index (χ4n) is 1.82. The third kappa shape index (κ3) is 4.68. The van der Waals surface area contributed by atoms with E-state index in [2.05, 4.69) is 37.2 Å². The van der Waals surface area contributed by atoms with Crippen molar-refractivity contribution in [2.24, 2.45) is 0 Å². The van der Waals surface area contributed by atoms with Gasteiger partial charge in [0.15, 0.2) is 0 Å². The van der Waals surface area contributed by atoms with Crippen molar-refractivity contribution in [2.75, 3.05) is 12.4 Å². The Morgan fingerprint density at radius 3 is 2.48 bits per heavy atom. The largest absolute Gasteiger partial charge is 0.496 e. The van der Waals surface area contributed by atoms with E-state index in [0.29, 0.717) is 11.4 Å². The minimum Gasteiger partial charge on any atom is -0.496 e. The molecule has 6 heteroatoms. The number of benzene rings is 2. The molecule has 0 fully saturated rings. The first kappa shape index (κ1) is 17.3. The zero-order valence-electron chi connectivity index (χ0n) is 12.1. The van der Waals surface area contributed by atoms with E-state index in [1.54, 1.807) is 37.4 Å². The molecule has 0 heterocycles. The maximum Gasteiger partial charge on any atom is 0.266 e. The summed E-state index contributed by atoms with van der Waals surface area (Å²) in [6.45, 7) is 0. The molecule has 0 radical (unpaired) electrons. The highest BCUT2D eigenvalue weighted by Crippen LogP contribution is 2.26. The third-order valence-corrected chi connectivity index (χ3v) is 4.10. The van der Waals surface area contributed by atoms with E-state index in [1.807, 2.05) is 18.2 Å². The van der Waals surface area contributed by atoms with Crippen molar-refractivity contribution in [1.82, 2.24) is 0 Å². The maximum atomic E-state index is 12.2. The van der Waals surface area contributed by atoms with Crippen LogP contribution in [0.3, 0.4) is 0 Å². The van der Waals surface area contributed by atoms with Gasteiger partial charge in [0.05, 0.1) is 11.6 Å². The van der Waals surface area contributed by atoms with E-state index < -0.39 is 5.91 Å². The van der Waals surface area contributed by atoms with E-state index in [1.165, 1.54) is 6.08 Å². The lowest BCUT2D eigenvalue weighted by Gasteiger charge is -2.06. The van der Waals surface area contributed by atoms with Crippen LogP contribution in [0, 0.1) is 11.3 Å². The van der Waals surface area contributed by atoms with Crippen molar-refractivity contribution in [2.45, 2.75) is 0 Å². The van der Waals surface area contributed by atoms with Crippen LogP contribution in [0.2, 0.25) is 0 Å². The Balaban J connectivity index is 2.21. The molecule has 0 spiro atoms. The Kier molecular flexibility index (Phi) is 5.97. The fourth-order valence-corrected chi connectivity index (χ4v) is 2.64. The van der Waals surface area contributed by atoms with Gasteiger partial charge in [0.2, 0.25) is 0 Å². The quantitative estimate of drug-likeness (QED) is 0.555. The van der Waals surface area contributed by atoms with Crippen LogP contribution in [0.1, 0.15) is 5.56 Å². The monoisotopic (exact) mass is 434 g/mol. The highest BCUT2D eigenvalue weighted by Gasteiger charge is 2.10. The van der Waals surface area contributed by atoms with Gasteiger partial charge in [0.1, 0.15) is 17.4 Å². The number of carbonyl (C=O) groups excluding carboxylic acids is 1. The van der Waals surface area contributed by atoms with Crippen LogP contribution in [0.4, 0.5) is 5.69 Å². The first-order chi connectivity index (χ1) is 11.0. The standard InChI is InChI=1S/C17H12Br2N2O2/c1-23-16-7-2-11(9-15(16)19)8-12(10-20)17(22)21-14-5-3-13(18)4-6-14/h2-9H,1H3,(H,21,22)/b12-8-. The number of methoxy groups -OCH3 is 1. The molecule has 0 aliphatic carbocycles. The van der Waals surface area contributed by atoms with Crippen molar-refractivity contribution < 1.29 is 9.53 Å². The van der Waals surface area contributed by atoms with Gasteiger partial charge in [-0.1, -0.05) is 22.0 Å². The third-order valence-electron chi connectivity index (χ3n) is 2.95. The number of halogens is 2. The van der Waals surface area contributed by atoms with Crippen LogP contribution < -0.4 is 10.1 Å². The lowest BCUT2D eigenvalue weighted by Crippen LogP contribution is -2.13. The van der Waals surface area contributed by atoms with Crippen molar-refractivity contribution in [3.8, 4) is 11.8 Å². The summed E-state index contributed by atoms with van der Waals surface area (Å²) in [5.74, 6) is 0.224. The SMILES string of the molecule is COc1ccc(/C=C(/C#N)C(=O)Nc2ccc(Br)cc2)cc1Br. The molecule has 1 amide bonds. The molecule has 0 saturated heterocycles. The van der Waals surface area contributed by atoms with E-state index >= 15 is 0 Å². The predicted molar refractivity (Wildman–Crippen MR) is 97.1 cm³/mol. The second kappa shape index (κ2) is 7.95. The molecule has 0 unspecified atom stereocenters. The topological polar surface area (TPSA) is 62.1 Å². The first-order valence-corrected chi connectivity index (χ1v) is 8.14. The first-order valence-electron chi connectivity index (χ1n) is 6.55. The van der Waals surface area contributed by atoms with Gasteiger partial charge >= 0.3 is 0 Å². The number of amides is 1. The molecule has 2 rings (SSSR count). The highest BCUT2D eigenvalue weighted by molar-refractivity contribution is 9.10. The summed E-state index contributed by atoms with van der Waals surface area (Å²) in [6, 6.07) is 14.4. The van der Waals surface area contributed by atoms with Gasteiger partial charge in [-0.3, -0.25) is 4.79 Å². The molecule has 0 bridgehead atoms. The van der Waals surface area contributed by atoms with E-state index in [0.717, 1.165) is 14.5 Å². The molecule has 0 atom stereocenters. The van der Waals surface area contributed by atoms with Gasteiger partial charge in [0.25, 0.3) is 5.91 Å². The molecule has 2 aromatic carbocycles. The van der Waals surface area contributed by atoms with Crippen LogP contribution >= 0.6 is 31.9 Å². The summed E-state index contributed by atoms with van der Waals surface area (Å²) in [7, 11) is 1.57. The number of hydrogen-bond acceptors (Lipinski definition) is 3. The second-order valence-corrected chi connectivity index (χ2v) is 6.29. The van der Waals surface area contributed by atoms with E-state index in [4.69, 9.17) is 4.74 Å². The van der Waals surface area contributed by atoms with Crippen molar-refractivity contribution in [3.05, 3.63) is 62.5 Å². The average Bonchev–Trinajstić information content (AvgIpc) is 2.54. The minimum absolute atomic E-state index is 0.0185. The highest BCUT2D eigenvalue weighted by atomic mass is 79.9. The molecule has 2 aromatic rings. The predicted octanol–water partition coefficient (Wildman–Crippen LogP) is 4.77. The molecular weight excluding hydrogens is 424 g/mol. The molecule has 0 aliphatic heterocycles. The number of nitrogens with zero attached hydrogens (tertiary/aromatic N) is 1. The number of ether oxygens (including phenoxy) is 1. The molecule has 4 nitrogen and oxygen atoms in total. The molecular formula is C17H12Br2N2O2. The molecule has 0 aliphatic rings. The number of nitrogens with one attached hydrogen (secondary N) is 1. The van der Waals surface area contributed by atoms with Crippen LogP contribution in [-0.2, 0) is 4.79 Å². The van der Waals surface area contributed by atoms with Crippen LogP contribution in [0.25, 0.3) is 6.08 Å². The van der Waals surface area contributed by atoms with E-state index in [9.17, 15) is 10.1 Å². The van der Waals surface area contributed by atoms with Crippen molar-refractivity contribution in [3.63, 3.8) is 0 Å². The van der Waals surface area contributed by atoms with Gasteiger partial charge in [-0.15, -0.1) is 0 Å². The van der Waals surface area contributed by atoms with Crippen LogP contribution in [0.5, 0.6) is 5.75 Å². The molecule has 116 valence electrons. The summed E-state index contributed by atoms with van der Waals surface area (Å²) in [6.07, 6.45) is 1.53. The van der Waals surface area contributed by atoms with Crippen molar-refractivity contribution >= 4 is 49.5 Å². The van der Waals surface area contributed by atoms with E-state index in [-0.39, 0.29) is 5.57 Å². The number of anilines is 1. The van der Waals surface area contributed by atoms with Gasteiger partial charge < -0.3 is 10.1 Å². The Hall–Kier alpha value is -2.10. The lowest BCUT2D eigenvalue weighted by atomic mass is 10.1. The number of carbonyl (C=O) groups is 1. The Morgan fingerprint density at radius 1 is 1.22 bits per heavy atom. The zero-order valence-corrected chi connectivity index (χ0v) is 15.3. The van der Waals surface area contributed by atoms with Gasteiger partial charge in [-0.25, -0.2) is 0 Å². The summed E-state index contributed by atoms with van der Waals surface area (Å²) < 4.78 is 6.81. The summed E-state index contributed by atoms with van der Waals surface area (Å²) in [5, 5.41) is 11.9. The zero-order chi connectivity index (χ0) is 16.8. The molecule has 0 aromatic heterocycles. The van der Waals surface area contributed by atoms with Crippen molar-refractivity contribution in [1.29, 1.82) is 5.26 Å². The maximum absolute atomic E-state index is 12.2. The smallest absolute Gasteiger partial charge is 0.266 e. The number of hydrogen-bond donors (Lipinski definition) is 1. The van der Waals surface area contributed by atoms with Gasteiger partial charge in [0, 0.05) is 10.2 Å². The van der Waals surface area contributed by atoms with Crippen LogP contribution in [0.15, 0.2) is 57.0 Å².